The van der Waals surface area contributed by atoms with E-state index in [1.165, 1.54) is 11.1 Å². The van der Waals surface area contributed by atoms with E-state index < -0.39 is 0 Å². The van der Waals surface area contributed by atoms with Crippen LogP contribution in [0.1, 0.15) is 23.6 Å². The Morgan fingerprint density at radius 3 is 1.93 bits per heavy atom. The van der Waals surface area contributed by atoms with Crippen LogP contribution in [0.3, 0.4) is 0 Å². The maximum Gasteiger partial charge on any atom is 0.191 e. The minimum absolute atomic E-state index is 0.540. The Kier molecular flexibility index (Phi) is 7.79. The smallest absolute Gasteiger partial charge is 0.191 e. The molecule has 2 rings (SSSR count). The zero-order valence-corrected chi connectivity index (χ0v) is 16.8. The van der Waals surface area contributed by atoms with E-state index in [-0.39, 0.29) is 0 Å². The molecule has 0 amide bonds. The lowest BCUT2D eigenvalue weighted by molar-refractivity contribution is 0.347. The molecule has 0 aliphatic heterocycles. The highest BCUT2D eigenvalue weighted by Gasteiger charge is 2.12. The highest BCUT2D eigenvalue weighted by molar-refractivity contribution is 5.79. The third kappa shape index (κ3) is 5.29. The predicted octanol–water partition coefficient (Wildman–Crippen LogP) is 3.14. The van der Waals surface area contributed by atoms with Gasteiger partial charge in [-0.2, -0.15) is 0 Å². The van der Waals surface area contributed by atoms with Crippen LogP contribution in [0.25, 0.3) is 0 Å². The third-order valence-electron chi connectivity index (χ3n) is 4.40. The molecule has 0 aliphatic rings. The lowest BCUT2D eigenvalue weighted by Crippen LogP contribution is -2.36. The number of methoxy groups -OCH3 is 3. The van der Waals surface area contributed by atoms with E-state index in [2.05, 4.69) is 46.8 Å². The molecule has 0 aromatic heterocycles. The zero-order chi connectivity index (χ0) is 19.6. The molecule has 0 fully saturated rings. The summed E-state index contributed by atoms with van der Waals surface area (Å²) in [7, 11) is 6.62. The SMILES string of the molecule is CCc1ccccc1CNC(=NC)NCc1cc(OC)c(OC)cc1OC. The number of nitrogens with zero attached hydrogens (tertiary/aromatic N) is 1. The van der Waals surface area contributed by atoms with Crippen molar-refractivity contribution in [3.8, 4) is 17.2 Å². The molecular weight excluding hydrogens is 342 g/mol. The molecule has 0 bridgehead atoms. The highest BCUT2D eigenvalue weighted by Crippen LogP contribution is 2.34. The van der Waals surface area contributed by atoms with Gasteiger partial charge in [-0.25, -0.2) is 0 Å². The van der Waals surface area contributed by atoms with Gasteiger partial charge in [0.25, 0.3) is 0 Å². The number of hydrogen-bond acceptors (Lipinski definition) is 4. The highest BCUT2D eigenvalue weighted by atomic mass is 16.5. The van der Waals surface area contributed by atoms with E-state index in [0.717, 1.165) is 23.7 Å². The molecule has 0 atom stereocenters. The van der Waals surface area contributed by atoms with Gasteiger partial charge >= 0.3 is 0 Å². The van der Waals surface area contributed by atoms with Crippen molar-refractivity contribution in [2.24, 2.45) is 4.99 Å². The van der Waals surface area contributed by atoms with Crippen LogP contribution < -0.4 is 24.8 Å². The lowest BCUT2D eigenvalue weighted by atomic mass is 10.1. The summed E-state index contributed by atoms with van der Waals surface area (Å²) in [6.07, 6.45) is 1.01. The van der Waals surface area contributed by atoms with Crippen LogP contribution in [-0.4, -0.2) is 34.3 Å². The molecule has 0 unspecified atom stereocenters. The standard InChI is InChI=1S/C21H29N3O3/c1-6-15-9-7-8-10-16(15)13-23-21(22-2)24-14-17-11-19(26-4)20(27-5)12-18(17)25-3/h7-12H,6,13-14H2,1-5H3,(H2,22,23,24). The topological polar surface area (TPSA) is 64.1 Å². The van der Waals surface area contributed by atoms with Crippen molar-refractivity contribution in [3.05, 3.63) is 53.1 Å². The Bertz CT molecular complexity index is 775. The van der Waals surface area contributed by atoms with Crippen molar-refractivity contribution in [1.82, 2.24) is 10.6 Å². The van der Waals surface area contributed by atoms with Crippen LogP contribution in [-0.2, 0) is 19.5 Å². The summed E-state index contributed by atoms with van der Waals surface area (Å²) in [5, 5.41) is 6.68. The third-order valence-corrected chi connectivity index (χ3v) is 4.40. The van der Waals surface area contributed by atoms with Gasteiger partial charge in [-0.1, -0.05) is 31.2 Å². The van der Waals surface area contributed by atoms with E-state index in [1.54, 1.807) is 28.4 Å². The molecule has 6 nitrogen and oxygen atoms in total. The molecule has 6 heteroatoms. The van der Waals surface area contributed by atoms with Gasteiger partial charge < -0.3 is 24.8 Å². The van der Waals surface area contributed by atoms with Crippen LogP contribution in [0.15, 0.2) is 41.4 Å². The first-order valence-corrected chi connectivity index (χ1v) is 8.96. The van der Waals surface area contributed by atoms with Gasteiger partial charge in [-0.15, -0.1) is 0 Å². The number of benzene rings is 2. The molecule has 0 saturated carbocycles. The zero-order valence-electron chi connectivity index (χ0n) is 16.8. The quantitative estimate of drug-likeness (QED) is 0.551. The van der Waals surface area contributed by atoms with Crippen LogP contribution in [0.4, 0.5) is 0 Å². The van der Waals surface area contributed by atoms with Crippen LogP contribution >= 0.6 is 0 Å². The number of aryl methyl sites for hydroxylation is 1. The van der Waals surface area contributed by atoms with Crippen molar-refractivity contribution >= 4 is 5.96 Å². The number of ether oxygens (including phenoxy) is 3. The van der Waals surface area contributed by atoms with Crippen molar-refractivity contribution in [3.63, 3.8) is 0 Å². The summed E-state index contributed by atoms with van der Waals surface area (Å²) >= 11 is 0. The maximum atomic E-state index is 5.48. The first-order valence-electron chi connectivity index (χ1n) is 8.96. The first kappa shape index (κ1) is 20.4. The van der Waals surface area contributed by atoms with E-state index in [0.29, 0.717) is 24.6 Å². The number of hydrogen-bond donors (Lipinski definition) is 2. The first-order chi connectivity index (χ1) is 13.2. The second-order valence-electron chi connectivity index (χ2n) is 5.92. The molecule has 0 spiro atoms. The molecule has 0 radical (unpaired) electrons. The Morgan fingerprint density at radius 1 is 0.815 bits per heavy atom. The Morgan fingerprint density at radius 2 is 1.37 bits per heavy atom. The van der Waals surface area contributed by atoms with Crippen molar-refractivity contribution in [1.29, 1.82) is 0 Å². The average Bonchev–Trinajstić information content (AvgIpc) is 2.73. The molecule has 146 valence electrons. The van der Waals surface area contributed by atoms with Crippen molar-refractivity contribution in [2.75, 3.05) is 28.4 Å². The Hall–Kier alpha value is -2.89. The van der Waals surface area contributed by atoms with Gasteiger partial charge in [0.15, 0.2) is 17.5 Å². The van der Waals surface area contributed by atoms with Crippen LogP contribution in [0.5, 0.6) is 17.2 Å². The van der Waals surface area contributed by atoms with Crippen LogP contribution in [0, 0.1) is 0 Å². The predicted molar refractivity (Wildman–Crippen MR) is 109 cm³/mol. The summed E-state index contributed by atoms with van der Waals surface area (Å²) in [4.78, 5) is 4.30. The number of guanidine groups is 1. The van der Waals surface area contributed by atoms with E-state index in [9.17, 15) is 0 Å². The van der Waals surface area contributed by atoms with Crippen molar-refractivity contribution in [2.45, 2.75) is 26.4 Å². The van der Waals surface area contributed by atoms with Gasteiger partial charge in [0.1, 0.15) is 5.75 Å². The Balaban J connectivity index is 2.05. The van der Waals surface area contributed by atoms with E-state index in [1.807, 2.05) is 12.1 Å². The van der Waals surface area contributed by atoms with Gasteiger partial charge in [0, 0.05) is 31.8 Å². The minimum atomic E-state index is 0.540. The fourth-order valence-electron chi connectivity index (χ4n) is 2.88. The molecule has 0 saturated heterocycles. The summed E-state index contributed by atoms with van der Waals surface area (Å²) in [6.45, 7) is 3.42. The van der Waals surface area contributed by atoms with Crippen molar-refractivity contribution < 1.29 is 14.2 Å². The maximum absolute atomic E-state index is 5.48. The molecule has 2 aromatic rings. The number of rotatable bonds is 8. The van der Waals surface area contributed by atoms with E-state index >= 15 is 0 Å². The van der Waals surface area contributed by atoms with Gasteiger partial charge in [-0.05, 0) is 23.6 Å². The minimum Gasteiger partial charge on any atom is -0.496 e. The molecule has 0 aliphatic carbocycles. The molecule has 2 aromatic carbocycles. The van der Waals surface area contributed by atoms with Crippen LogP contribution in [0.2, 0.25) is 0 Å². The fourth-order valence-corrected chi connectivity index (χ4v) is 2.88. The molecular formula is C21H29N3O3. The second kappa shape index (κ2) is 10.3. The molecule has 27 heavy (non-hydrogen) atoms. The second-order valence-corrected chi connectivity index (χ2v) is 5.92. The number of aliphatic imine (C=N–C) groups is 1. The summed E-state index contributed by atoms with van der Waals surface area (Å²) in [5.41, 5.74) is 3.56. The lowest BCUT2D eigenvalue weighted by Gasteiger charge is -2.17. The van der Waals surface area contributed by atoms with Gasteiger partial charge in [0.2, 0.25) is 0 Å². The fraction of sp³-hybridized carbons (Fsp3) is 0.381. The van der Waals surface area contributed by atoms with Gasteiger partial charge in [-0.3, -0.25) is 4.99 Å². The van der Waals surface area contributed by atoms with E-state index in [4.69, 9.17) is 14.2 Å². The summed E-state index contributed by atoms with van der Waals surface area (Å²) in [6, 6.07) is 12.1. The monoisotopic (exact) mass is 371 g/mol. The molecule has 2 N–H and O–H groups in total. The average molecular weight is 371 g/mol. The summed E-state index contributed by atoms with van der Waals surface area (Å²) < 4.78 is 16.2. The Labute approximate surface area is 161 Å². The van der Waals surface area contributed by atoms with Gasteiger partial charge in [0.05, 0.1) is 21.3 Å². The molecule has 0 heterocycles. The normalized spacial score (nSPS) is 11.1. The largest absolute Gasteiger partial charge is 0.496 e. The number of nitrogens with one attached hydrogen (secondary N) is 2. The summed E-state index contributed by atoms with van der Waals surface area (Å²) in [5.74, 6) is 2.75.